The molecule has 0 radical (unpaired) electrons. The lowest BCUT2D eigenvalue weighted by atomic mass is 10.0. The highest BCUT2D eigenvalue weighted by molar-refractivity contribution is 6.02. The molecule has 0 bridgehead atoms. The smallest absolute Gasteiger partial charge is 0.251 e. The van der Waals surface area contributed by atoms with Crippen molar-refractivity contribution in [3.8, 4) is 28.5 Å². The maximum Gasteiger partial charge on any atom is 0.251 e. The predicted octanol–water partition coefficient (Wildman–Crippen LogP) is 3.94. The molecule has 2 heterocycles. The Kier molecular flexibility index (Phi) is 6.68. The number of ketones is 1. The Morgan fingerprint density at radius 3 is 2.38 bits per heavy atom. The number of hydrogen-bond donors (Lipinski definition) is 1. The number of methoxy groups -OCH3 is 3. The molecule has 0 saturated carbocycles. The van der Waals surface area contributed by atoms with E-state index >= 15 is 0 Å². The highest BCUT2D eigenvalue weighted by Crippen LogP contribution is 2.33. The number of rotatable bonds is 8. The number of ether oxygens (including phenoxy) is 3. The maximum absolute atomic E-state index is 12.9. The molecule has 0 atom stereocenters. The van der Waals surface area contributed by atoms with Gasteiger partial charge < -0.3 is 19.5 Å². The van der Waals surface area contributed by atoms with Crippen molar-refractivity contribution < 1.29 is 23.8 Å². The molecule has 0 fully saturated rings. The second-order valence-electron chi connectivity index (χ2n) is 7.30. The molecule has 0 unspecified atom stereocenters. The minimum absolute atomic E-state index is 0.212. The number of Topliss-reactive ketones (excluding diaryl/α,β-unsaturated/α-hetero) is 1. The molecule has 0 saturated heterocycles. The first-order chi connectivity index (χ1) is 16.5. The number of carbonyl (C=O) groups is 2. The second kappa shape index (κ2) is 9.99. The van der Waals surface area contributed by atoms with Crippen molar-refractivity contribution in [2.75, 3.05) is 27.9 Å². The fourth-order valence-electron chi connectivity index (χ4n) is 3.60. The van der Waals surface area contributed by atoms with E-state index in [1.807, 2.05) is 30.3 Å². The molecule has 1 N–H and O–H groups in total. The van der Waals surface area contributed by atoms with Crippen LogP contribution in [0.1, 0.15) is 20.8 Å². The molecule has 172 valence electrons. The summed E-state index contributed by atoms with van der Waals surface area (Å²) < 4.78 is 15.9. The molecular weight excluding hydrogens is 434 g/mol. The zero-order valence-corrected chi connectivity index (χ0v) is 19.0. The van der Waals surface area contributed by atoms with E-state index in [-0.39, 0.29) is 18.0 Å². The Bertz CT molecular complexity index is 1360. The van der Waals surface area contributed by atoms with Gasteiger partial charge in [-0.05, 0) is 42.5 Å². The fraction of sp³-hybridized carbons (Fsp3) is 0.154. The van der Waals surface area contributed by atoms with Crippen LogP contribution in [0, 0.1) is 0 Å². The lowest BCUT2D eigenvalue weighted by Gasteiger charge is -2.12. The van der Waals surface area contributed by atoms with Gasteiger partial charge in [0.25, 0.3) is 5.91 Å². The fourth-order valence-corrected chi connectivity index (χ4v) is 3.60. The van der Waals surface area contributed by atoms with Gasteiger partial charge in [-0.25, -0.2) is 4.98 Å². The van der Waals surface area contributed by atoms with E-state index in [9.17, 15) is 9.59 Å². The maximum atomic E-state index is 12.9. The summed E-state index contributed by atoms with van der Waals surface area (Å²) in [5, 5.41) is 3.53. The van der Waals surface area contributed by atoms with Crippen molar-refractivity contribution >= 4 is 22.6 Å². The van der Waals surface area contributed by atoms with Crippen LogP contribution in [0.25, 0.3) is 22.2 Å². The number of carbonyl (C=O) groups excluding carboxylic acids is 2. The number of benzene rings is 2. The molecule has 8 nitrogen and oxygen atoms in total. The summed E-state index contributed by atoms with van der Waals surface area (Å²) in [7, 11) is 4.55. The van der Waals surface area contributed by atoms with Crippen LogP contribution in [-0.2, 0) is 0 Å². The largest absolute Gasteiger partial charge is 0.494 e. The number of fused-ring (bicyclic) bond motifs is 1. The zero-order valence-electron chi connectivity index (χ0n) is 19.0. The number of nitrogens with zero attached hydrogens (tertiary/aromatic N) is 2. The summed E-state index contributed by atoms with van der Waals surface area (Å²) >= 11 is 0. The summed E-state index contributed by atoms with van der Waals surface area (Å²) in [6.07, 6.45) is 1.72. The quantitative estimate of drug-likeness (QED) is 0.400. The third-order valence-corrected chi connectivity index (χ3v) is 5.32. The number of pyridine rings is 2. The standard InChI is InChI=1S/C26H23N3O5/c1-32-22-11-9-16(14-24(22)34-3)26(31)28-15-21(30)20-10-12-23(33-2)25(29-20)18-6-4-8-19-17(18)7-5-13-27-19/h4-14H,15H2,1-3H3,(H,28,31). The topological polar surface area (TPSA) is 99.6 Å². The van der Waals surface area contributed by atoms with Gasteiger partial charge in [0.05, 0.1) is 33.4 Å². The third-order valence-electron chi connectivity index (χ3n) is 5.32. The summed E-state index contributed by atoms with van der Waals surface area (Å²) in [5.74, 6) is 0.711. The van der Waals surface area contributed by atoms with Crippen molar-refractivity contribution in [1.29, 1.82) is 0 Å². The molecule has 4 aromatic rings. The van der Waals surface area contributed by atoms with Crippen molar-refractivity contribution in [3.63, 3.8) is 0 Å². The average molecular weight is 457 g/mol. The van der Waals surface area contributed by atoms with Crippen LogP contribution in [-0.4, -0.2) is 49.5 Å². The second-order valence-corrected chi connectivity index (χ2v) is 7.30. The van der Waals surface area contributed by atoms with Crippen LogP contribution in [0.5, 0.6) is 17.2 Å². The van der Waals surface area contributed by atoms with Gasteiger partial charge in [-0.2, -0.15) is 0 Å². The van der Waals surface area contributed by atoms with Gasteiger partial charge in [0.2, 0.25) is 0 Å². The Labute approximate surface area is 196 Å². The molecule has 34 heavy (non-hydrogen) atoms. The third kappa shape index (κ3) is 4.52. The first-order valence-electron chi connectivity index (χ1n) is 10.5. The molecule has 0 aliphatic carbocycles. The molecule has 0 spiro atoms. The van der Waals surface area contributed by atoms with E-state index in [0.29, 0.717) is 28.5 Å². The van der Waals surface area contributed by atoms with Crippen LogP contribution < -0.4 is 19.5 Å². The van der Waals surface area contributed by atoms with Crippen molar-refractivity contribution in [3.05, 3.63) is 78.1 Å². The molecule has 4 rings (SSSR count). The Morgan fingerprint density at radius 2 is 1.62 bits per heavy atom. The number of hydrogen-bond acceptors (Lipinski definition) is 7. The van der Waals surface area contributed by atoms with Gasteiger partial charge in [-0.3, -0.25) is 14.6 Å². The van der Waals surface area contributed by atoms with Crippen LogP contribution >= 0.6 is 0 Å². The Hall–Kier alpha value is -4.46. The minimum atomic E-state index is -0.414. The zero-order chi connectivity index (χ0) is 24.1. The molecule has 0 aliphatic heterocycles. The summed E-state index contributed by atoms with van der Waals surface area (Å²) in [4.78, 5) is 34.4. The highest BCUT2D eigenvalue weighted by Gasteiger charge is 2.17. The van der Waals surface area contributed by atoms with E-state index in [2.05, 4.69) is 15.3 Å². The Morgan fingerprint density at radius 1 is 0.853 bits per heavy atom. The summed E-state index contributed by atoms with van der Waals surface area (Å²) in [6.45, 7) is -0.219. The average Bonchev–Trinajstić information content (AvgIpc) is 2.90. The SMILES string of the molecule is COc1ccc(C(=O)NCC(=O)c2ccc(OC)c(-c3cccc4ncccc34)n2)cc1OC. The normalized spacial score (nSPS) is 10.6. The van der Waals surface area contributed by atoms with Gasteiger partial charge in [0.1, 0.15) is 17.1 Å². The minimum Gasteiger partial charge on any atom is -0.494 e. The molecule has 2 aromatic carbocycles. The van der Waals surface area contributed by atoms with Crippen LogP contribution in [0.2, 0.25) is 0 Å². The van der Waals surface area contributed by atoms with E-state index in [1.165, 1.54) is 14.2 Å². The molecular formula is C26H23N3O5. The van der Waals surface area contributed by atoms with Gasteiger partial charge in [-0.1, -0.05) is 18.2 Å². The number of amides is 1. The van der Waals surface area contributed by atoms with Crippen molar-refractivity contribution in [2.24, 2.45) is 0 Å². The number of nitrogens with one attached hydrogen (secondary N) is 1. The lowest BCUT2D eigenvalue weighted by molar-refractivity contribution is 0.0902. The van der Waals surface area contributed by atoms with Gasteiger partial charge in [-0.15, -0.1) is 0 Å². The predicted molar refractivity (Wildman–Crippen MR) is 128 cm³/mol. The molecule has 8 heteroatoms. The van der Waals surface area contributed by atoms with Gasteiger partial charge in [0.15, 0.2) is 17.3 Å². The summed E-state index contributed by atoms with van der Waals surface area (Å²) in [6, 6.07) is 17.5. The monoisotopic (exact) mass is 457 g/mol. The molecule has 2 aromatic heterocycles. The van der Waals surface area contributed by atoms with E-state index in [1.54, 1.807) is 43.6 Å². The van der Waals surface area contributed by atoms with E-state index in [0.717, 1.165) is 16.5 Å². The van der Waals surface area contributed by atoms with Crippen molar-refractivity contribution in [1.82, 2.24) is 15.3 Å². The first-order valence-corrected chi connectivity index (χ1v) is 10.5. The van der Waals surface area contributed by atoms with Gasteiger partial charge in [0, 0.05) is 22.7 Å². The van der Waals surface area contributed by atoms with Crippen LogP contribution in [0.3, 0.4) is 0 Å². The number of aromatic nitrogens is 2. The van der Waals surface area contributed by atoms with Gasteiger partial charge >= 0.3 is 0 Å². The van der Waals surface area contributed by atoms with Crippen LogP contribution in [0.15, 0.2) is 66.9 Å². The van der Waals surface area contributed by atoms with Crippen LogP contribution in [0.4, 0.5) is 0 Å². The van der Waals surface area contributed by atoms with E-state index in [4.69, 9.17) is 14.2 Å². The summed E-state index contributed by atoms with van der Waals surface area (Å²) in [5.41, 5.74) is 2.69. The molecule has 0 aliphatic rings. The lowest BCUT2D eigenvalue weighted by Crippen LogP contribution is -2.30. The Balaban J connectivity index is 1.57. The van der Waals surface area contributed by atoms with Crippen molar-refractivity contribution in [2.45, 2.75) is 0 Å². The first kappa shape index (κ1) is 22.7. The highest BCUT2D eigenvalue weighted by atomic mass is 16.5. The molecule has 1 amide bonds. The van der Waals surface area contributed by atoms with E-state index < -0.39 is 5.91 Å².